The Morgan fingerprint density at radius 3 is 2.62 bits per heavy atom. The van der Waals surface area contributed by atoms with Gasteiger partial charge >= 0.3 is 0 Å². The summed E-state index contributed by atoms with van der Waals surface area (Å²) in [4.78, 5) is 23.5. The van der Waals surface area contributed by atoms with Crippen molar-refractivity contribution < 1.29 is 14.0 Å². The van der Waals surface area contributed by atoms with Gasteiger partial charge in [0.1, 0.15) is 5.76 Å². The second-order valence-corrected chi connectivity index (χ2v) is 7.44. The van der Waals surface area contributed by atoms with Crippen LogP contribution in [-0.2, 0) is 11.3 Å². The number of thioether (sulfide) groups is 1. The molecule has 0 saturated carbocycles. The Labute approximate surface area is 173 Å². The van der Waals surface area contributed by atoms with E-state index in [1.807, 2.05) is 17.6 Å². The maximum Gasteiger partial charge on any atom is 0.225 e. The zero-order valence-corrected chi connectivity index (χ0v) is 17.2. The highest BCUT2D eigenvalue weighted by Gasteiger charge is 2.17. The summed E-state index contributed by atoms with van der Waals surface area (Å²) in [5.41, 5.74) is 2.17. The summed E-state index contributed by atoms with van der Waals surface area (Å²) in [5.74, 6) is 1.93. The summed E-state index contributed by atoms with van der Waals surface area (Å²) in [5, 5.41) is 12.1. The van der Waals surface area contributed by atoms with Crippen LogP contribution in [0.3, 0.4) is 0 Å². The lowest BCUT2D eigenvalue weighted by atomic mass is 10.1. The average molecular weight is 410 g/mol. The summed E-state index contributed by atoms with van der Waals surface area (Å²) in [7, 11) is 0. The lowest BCUT2D eigenvalue weighted by Crippen LogP contribution is -2.12. The minimum atomic E-state index is -0.103. The van der Waals surface area contributed by atoms with E-state index in [9.17, 15) is 9.59 Å². The van der Waals surface area contributed by atoms with Crippen LogP contribution in [0.5, 0.6) is 0 Å². The Balaban J connectivity index is 1.59. The number of nitrogens with zero attached hydrogens (tertiary/aromatic N) is 3. The third kappa shape index (κ3) is 5.03. The summed E-state index contributed by atoms with van der Waals surface area (Å²) in [6.07, 6.45) is 3.72. The van der Waals surface area contributed by atoms with E-state index in [2.05, 4.69) is 22.1 Å². The van der Waals surface area contributed by atoms with Gasteiger partial charge in [-0.25, -0.2) is 0 Å². The third-order valence-corrected chi connectivity index (χ3v) is 5.23. The summed E-state index contributed by atoms with van der Waals surface area (Å²) in [6, 6.07) is 8.70. The van der Waals surface area contributed by atoms with E-state index in [0.29, 0.717) is 35.8 Å². The first kappa shape index (κ1) is 20.6. The number of Topliss-reactive ketones (excluding diaryl/α,β-unsaturated/α-hetero) is 1. The Morgan fingerprint density at radius 2 is 2.00 bits per heavy atom. The van der Waals surface area contributed by atoms with Gasteiger partial charge in [-0.1, -0.05) is 17.8 Å². The molecule has 29 heavy (non-hydrogen) atoms. The normalized spacial score (nSPS) is 10.7. The van der Waals surface area contributed by atoms with Crippen LogP contribution in [0.15, 0.2) is 58.8 Å². The number of allylic oxidation sites excluding steroid dienone is 1. The molecule has 1 aromatic carbocycles. The van der Waals surface area contributed by atoms with Crippen molar-refractivity contribution in [2.75, 3.05) is 11.1 Å². The predicted molar refractivity (Wildman–Crippen MR) is 113 cm³/mol. The number of aromatic nitrogens is 3. The van der Waals surface area contributed by atoms with Gasteiger partial charge in [0, 0.05) is 30.0 Å². The average Bonchev–Trinajstić information content (AvgIpc) is 3.28. The highest BCUT2D eigenvalue weighted by atomic mass is 32.2. The summed E-state index contributed by atoms with van der Waals surface area (Å²) in [6.45, 7) is 7.75. The van der Waals surface area contributed by atoms with Gasteiger partial charge in [-0.2, -0.15) is 0 Å². The van der Waals surface area contributed by atoms with Gasteiger partial charge in [0.05, 0.1) is 11.8 Å². The molecule has 2 aromatic heterocycles. The van der Waals surface area contributed by atoms with Gasteiger partial charge in [0.15, 0.2) is 16.8 Å². The number of ketones is 1. The quantitative estimate of drug-likeness (QED) is 0.320. The standard InChI is InChI=1S/C21H22N4O3S/c1-4-11-25-20(18-9-12-28-15(18)3)23-24-21(25)29-13-10-19(27)22-17-7-5-16(6-8-17)14(2)26/h4-9,12H,1,10-11,13H2,2-3H3,(H,22,27). The van der Waals surface area contributed by atoms with Crippen molar-refractivity contribution in [3.63, 3.8) is 0 Å². The molecule has 0 bridgehead atoms. The molecule has 0 atom stereocenters. The van der Waals surface area contributed by atoms with Crippen LogP contribution in [0.25, 0.3) is 11.4 Å². The van der Waals surface area contributed by atoms with Crippen LogP contribution < -0.4 is 5.32 Å². The number of hydrogen-bond acceptors (Lipinski definition) is 6. The number of hydrogen-bond donors (Lipinski definition) is 1. The molecule has 0 unspecified atom stereocenters. The van der Waals surface area contributed by atoms with Gasteiger partial charge in [-0.3, -0.25) is 14.2 Å². The fourth-order valence-electron chi connectivity index (χ4n) is 2.75. The van der Waals surface area contributed by atoms with Crippen molar-refractivity contribution in [1.29, 1.82) is 0 Å². The molecule has 0 aliphatic rings. The number of anilines is 1. The van der Waals surface area contributed by atoms with Crippen LogP contribution in [0.2, 0.25) is 0 Å². The van der Waals surface area contributed by atoms with Crippen molar-refractivity contribution in [3.8, 4) is 11.4 Å². The smallest absolute Gasteiger partial charge is 0.225 e. The maximum absolute atomic E-state index is 12.2. The number of carbonyl (C=O) groups is 2. The Hall–Kier alpha value is -3.13. The summed E-state index contributed by atoms with van der Waals surface area (Å²) >= 11 is 1.46. The molecule has 3 rings (SSSR count). The lowest BCUT2D eigenvalue weighted by Gasteiger charge is -2.08. The highest BCUT2D eigenvalue weighted by molar-refractivity contribution is 7.99. The molecule has 1 N–H and O–H groups in total. The number of nitrogens with one attached hydrogen (secondary N) is 1. The van der Waals surface area contributed by atoms with Gasteiger partial charge in [-0.15, -0.1) is 16.8 Å². The number of rotatable bonds is 9. The molecule has 7 nitrogen and oxygen atoms in total. The molecule has 0 aliphatic carbocycles. The van der Waals surface area contributed by atoms with Gasteiger partial charge in [0.2, 0.25) is 5.91 Å². The van der Waals surface area contributed by atoms with Crippen LogP contribution in [0, 0.1) is 6.92 Å². The summed E-state index contributed by atoms with van der Waals surface area (Å²) < 4.78 is 7.32. The molecule has 0 saturated heterocycles. The number of furan rings is 1. The number of carbonyl (C=O) groups excluding carboxylic acids is 2. The first-order valence-corrected chi connectivity index (χ1v) is 10.1. The molecule has 8 heteroatoms. The zero-order chi connectivity index (χ0) is 20.8. The Bertz CT molecular complexity index is 1020. The highest BCUT2D eigenvalue weighted by Crippen LogP contribution is 2.27. The SMILES string of the molecule is C=CCn1c(SCCC(=O)Nc2ccc(C(C)=O)cc2)nnc1-c1ccoc1C. The molecule has 0 radical (unpaired) electrons. The molecular weight excluding hydrogens is 388 g/mol. The lowest BCUT2D eigenvalue weighted by molar-refractivity contribution is -0.115. The molecule has 0 spiro atoms. The van der Waals surface area contributed by atoms with E-state index in [4.69, 9.17) is 4.42 Å². The number of aryl methyl sites for hydroxylation is 1. The van der Waals surface area contributed by atoms with E-state index in [1.54, 1.807) is 36.6 Å². The first-order valence-electron chi connectivity index (χ1n) is 9.11. The van der Waals surface area contributed by atoms with E-state index in [1.165, 1.54) is 18.7 Å². The fourth-order valence-corrected chi connectivity index (χ4v) is 3.64. The van der Waals surface area contributed by atoms with Crippen LogP contribution in [-0.4, -0.2) is 32.2 Å². The van der Waals surface area contributed by atoms with Crippen molar-refractivity contribution in [2.45, 2.75) is 32.0 Å². The Kier molecular flexibility index (Phi) is 6.66. The minimum Gasteiger partial charge on any atom is -0.469 e. The van der Waals surface area contributed by atoms with E-state index in [0.717, 1.165) is 16.5 Å². The Morgan fingerprint density at radius 1 is 1.24 bits per heavy atom. The molecule has 0 aliphatic heterocycles. The van der Waals surface area contributed by atoms with E-state index >= 15 is 0 Å². The van der Waals surface area contributed by atoms with Crippen LogP contribution in [0.1, 0.15) is 29.5 Å². The van der Waals surface area contributed by atoms with Crippen molar-refractivity contribution in [2.24, 2.45) is 0 Å². The van der Waals surface area contributed by atoms with E-state index in [-0.39, 0.29) is 11.7 Å². The maximum atomic E-state index is 12.2. The molecule has 3 aromatic rings. The molecule has 0 fully saturated rings. The van der Waals surface area contributed by atoms with E-state index < -0.39 is 0 Å². The monoisotopic (exact) mass is 410 g/mol. The van der Waals surface area contributed by atoms with Crippen LogP contribution in [0.4, 0.5) is 5.69 Å². The molecular formula is C21H22N4O3S. The number of benzene rings is 1. The van der Waals surface area contributed by atoms with Crippen molar-refractivity contribution in [1.82, 2.24) is 14.8 Å². The molecule has 2 heterocycles. The zero-order valence-electron chi connectivity index (χ0n) is 16.3. The van der Waals surface area contributed by atoms with Gasteiger partial charge in [-0.05, 0) is 44.2 Å². The van der Waals surface area contributed by atoms with Crippen molar-refractivity contribution in [3.05, 3.63) is 60.6 Å². The topological polar surface area (TPSA) is 90.0 Å². The molecule has 150 valence electrons. The second-order valence-electron chi connectivity index (χ2n) is 6.38. The first-order chi connectivity index (χ1) is 14.0. The molecule has 1 amide bonds. The fraction of sp³-hybridized carbons (Fsp3) is 0.238. The largest absolute Gasteiger partial charge is 0.469 e. The predicted octanol–water partition coefficient (Wildman–Crippen LogP) is 4.36. The second kappa shape index (κ2) is 9.38. The third-order valence-electron chi connectivity index (χ3n) is 4.26. The van der Waals surface area contributed by atoms with Gasteiger partial charge < -0.3 is 9.73 Å². The van der Waals surface area contributed by atoms with Crippen LogP contribution >= 0.6 is 11.8 Å². The minimum absolute atomic E-state index is 0.00658. The van der Waals surface area contributed by atoms with Gasteiger partial charge in [0.25, 0.3) is 0 Å². The van der Waals surface area contributed by atoms with Crippen molar-refractivity contribution >= 4 is 29.1 Å². The number of amides is 1.